The van der Waals surface area contributed by atoms with E-state index in [0.717, 1.165) is 11.3 Å². The van der Waals surface area contributed by atoms with Crippen molar-refractivity contribution in [3.05, 3.63) is 48.0 Å². The van der Waals surface area contributed by atoms with Crippen LogP contribution in [0, 0.1) is 0 Å². The van der Waals surface area contributed by atoms with Crippen LogP contribution in [0.15, 0.2) is 42.5 Å². The molecule has 1 aromatic carbocycles. The summed E-state index contributed by atoms with van der Waals surface area (Å²) in [5.74, 6) is 2.22. The number of thioether (sulfide) groups is 1. The minimum absolute atomic E-state index is 0.0970. The molecule has 1 rings (SSSR count). The van der Waals surface area contributed by atoms with Crippen LogP contribution < -0.4 is 0 Å². The van der Waals surface area contributed by atoms with Gasteiger partial charge in [-0.05, 0) is 18.2 Å². The molecule has 0 aliphatic carbocycles. The lowest BCUT2D eigenvalue weighted by atomic mass is 10.1. The molecule has 0 N–H and O–H groups in total. The molecule has 1 aromatic rings. The van der Waals surface area contributed by atoms with E-state index >= 15 is 0 Å². The van der Waals surface area contributed by atoms with Crippen LogP contribution in [0.1, 0.15) is 36.5 Å². The lowest BCUT2D eigenvalue weighted by Gasteiger charge is -1.97. The summed E-state index contributed by atoms with van der Waals surface area (Å²) in [5, 5.41) is 0. The van der Waals surface area contributed by atoms with E-state index < -0.39 is 0 Å². The van der Waals surface area contributed by atoms with Gasteiger partial charge in [-0.15, -0.1) is 0 Å². The van der Waals surface area contributed by atoms with Crippen molar-refractivity contribution >= 4 is 17.5 Å². The molecule has 0 spiro atoms. The number of carbonyl (C=O) groups excluding carboxylic acids is 1. The maximum atomic E-state index is 11.7. The van der Waals surface area contributed by atoms with Crippen molar-refractivity contribution in [2.75, 3.05) is 11.5 Å². The molecule has 0 amide bonds. The van der Waals surface area contributed by atoms with E-state index in [9.17, 15) is 4.79 Å². The Morgan fingerprint density at radius 1 is 1.24 bits per heavy atom. The third-order valence-corrected chi connectivity index (χ3v) is 3.44. The zero-order valence-electron chi connectivity index (χ0n) is 10.4. The third-order valence-electron chi connectivity index (χ3n) is 2.43. The number of rotatable bonds is 8. The highest BCUT2D eigenvalue weighted by molar-refractivity contribution is 7.99. The monoisotopic (exact) mass is 248 g/mol. The topological polar surface area (TPSA) is 17.1 Å². The van der Waals surface area contributed by atoms with Crippen LogP contribution in [-0.2, 0) is 0 Å². The van der Waals surface area contributed by atoms with Crippen molar-refractivity contribution in [2.24, 2.45) is 0 Å². The molecule has 0 heterocycles. The molecule has 1 nitrogen and oxygen atoms in total. The molecule has 0 radical (unpaired) electrons. The highest BCUT2D eigenvalue weighted by atomic mass is 32.2. The Morgan fingerprint density at radius 2 is 2.00 bits per heavy atom. The highest BCUT2D eigenvalue weighted by Gasteiger charge is 1.98. The van der Waals surface area contributed by atoms with Crippen LogP contribution in [0.5, 0.6) is 0 Å². The van der Waals surface area contributed by atoms with Crippen molar-refractivity contribution < 1.29 is 4.79 Å². The average molecular weight is 248 g/mol. The quantitative estimate of drug-likeness (QED) is 0.386. The number of allylic oxidation sites excluding steroid dienone is 1. The second-order valence-electron chi connectivity index (χ2n) is 3.91. The fraction of sp³-hybridized carbons (Fsp3) is 0.400. The smallest absolute Gasteiger partial charge is 0.185 e. The summed E-state index contributed by atoms with van der Waals surface area (Å²) in [6, 6.07) is 9.40. The van der Waals surface area contributed by atoms with Crippen molar-refractivity contribution in [2.45, 2.75) is 26.2 Å². The summed E-state index contributed by atoms with van der Waals surface area (Å²) in [6.45, 7) is 2.21. The minimum atomic E-state index is 0.0970. The first kappa shape index (κ1) is 14.0. The Balaban J connectivity index is 2.19. The summed E-state index contributed by atoms with van der Waals surface area (Å²) in [7, 11) is 0. The van der Waals surface area contributed by atoms with E-state index in [-0.39, 0.29) is 5.78 Å². The molecule has 0 saturated carbocycles. The van der Waals surface area contributed by atoms with Gasteiger partial charge in [-0.25, -0.2) is 0 Å². The molecule has 0 bridgehead atoms. The van der Waals surface area contributed by atoms with Crippen LogP contribution in [0.25, 0.3) is 0 Å². The Kier molecular flexibility index (Phi) is 7.48. The van der Waals surface area contributed by atoms with Crippen LogP contribution in [0.2, 0.25) is 0 Å². The Morgan fingerprint density at radius 3 is 2.71 bits per heavy atom. The highest BCUT2D eigenvalue weighted by Crippen LogP contribution is 2.07. The van der Waals surface area contributed by atoms with E-state index in [1.54, 1.807) is 6.08 Å². The van der Waals surface area contributed by atoms with Gasteiger partial charge >= 0.3 is 0 Å². The second-order valence-corrected chi connectivity index (χ2v) is 5.06. The molecule has 0 aliphatic rings. The molecule has 17 heavy (non-hydrogen) atoms. The first-order valence-corrected chi connectivity index (χ1v) is 7.33. The first-order chi connectivity index (χ1) is 8.34. The summed E-state index contributed by atoms with van der Waals surface area (Å²) < 4.78 is 0. The fourth-order valence-electron chi connectivity index (χ4n) is 1.46. The van der Waals surface area contributed by atoms with Gasteiger partial charge < -0.3 is 0 Å². The minimum Gasteiger partial charge on any atom is -0.289 e. The average Bonchev–Trinajstić information content (AvgIpc) is 2.38. The Bertz CT molecular complexity index is 343. The number of carbonyl (C=O) groups is 1. The van der Waals surface area contributed by atoms with Gasteiger partial charge in [0.2, 0.25) is 0 Å². The fourth-order valence-corrected chi connectivity index (χ4v) is 2.27. The van der Waals surface area contributed by atoms with Gasteiger partial charge in [-0.2, -0.15) is 11.8 Å². The van der Waals surface area contributed by atoms with Gasteiger partial charge in [0.1, 0.15) is 0 Å². The third kappa shape index (κ3) is 6.32. The van der Waals surface area contributed by atoms with Gasteiger partial charge in [0.25, 0.3) is 0 Å². The van der Waals surface area contributed by atoms with Crippen LogP contribution >= 0.6 is 11.8 Å². The van der Waals surface area contributed by atoms with Gasteiger partial charge in [0.05, 0.1) is 0 Å². The van der Waals surface area contributed by atoms with Gasteiger partial charge in [0, 0.05) is 11.3 Å². The Hall–Kier alpha value is -1.02. The Labute approximate surface area is 108 Å². The van der Waals surface area contributed by atoms with E-state index in [0.29, 0.717) is 0 Å². The van der Waals surface area contributed by atoms with E-state index in [2.05, 4.69) is 6.92 Å². The number of ketones is 1. The van der Waals surface area contributed by atoms with E-state index in [1.165, 1.54) is 25.0 Å². The van der Waals surface area contributed by atoms with Gasteiger partial charge in [-0.3, -0.25) is 4.79 Å². The standard InChI is InChI=1S/C15H20OS/c1-2-3-7-12-17-13-8-11-15(16)14-9-5-4-6-10-14/h4-6,8-11H,2-3,7,12-13H2,1H3. The molecule has 2 heteroatoms. The van der Waals surface area contributed by atoms with Crippen LogP contribution in [0.3, 0.4) is 0 Å². The molecule has 0 unspecified atom stereocenters. The zero-order valence-corrected chi connectivity index (χ0v) is 11.2. The lowest BCUT2D eigenvalue weighted by Crippen LogP contribution is -1.93. The number of unbranched alkanes of at least 4 members (excludes halogenated alkanes) is 2. The maximum Gasteiger partial charge on any atom is 0.185 e. The molecular formula is C15H20OS. The maximum absolute atomic E-state index is 11.7. The van der Waals surface area contributed by atoms with Crippen molar-refractivity contribution in [3.8, 4) is 0 Å². The molecule has 0 fully saturated rings. The lowest BCUT2D eigenvalue weighted by molar-refractivity contribution is 0.104. The molecule has 92 valence electrons. The van der Waals surface area contributed by atoms with E-state index in [1.807, 2.05) is 48.2 Å². The van der Waals surface area contributed by atoms with Crippen molar-refractivity contribution in [1.82, 2.24) is 0 Å². The van der Waals surface area contributed by atoms with E-state index in [4.69, 9.17) is 0 Å². The predicted octanol–water partition coefficient (Wildman–Crippen LogP) is 4.35. The van der Waals surface area contributed by atoms with Gasteiger partial charge in [0.15, 0.2) is 5.78 Å². The zero-order chi connectivity index (χ0) is 12.3. The number of hydrogen-bond donors (Lipinski definition) is 0. The molecule has 0 aromatic heterocycles. The molecule has 0 saturated heterocycles. The van der Waals surface area contributed by atoms with Crippen LogP contribution in [0.4, 0.5) is 0 Å². The summed E-state index contributed by atoms with van der Waals surface area (Å²) in [5.41, 5.74) is 0.764. The summed E-state index contributed by atoms with van der Waals surface area (Å²) in [4.78, 5) is 11.7. The van der Waals surface area contributed by atoms with Crippen molar-refractivity contribution in [1.29, 1.82) is 0 Å². The number of benzene rings is 1. The number of hydrogen-bond acceptors (Lipinski definition) is 2. The SMILES string of the molecule is CCCCCSCC=CC(=O)c1ccccc1. The van der Waals surface area contributed by atoms with Crippen molar-refractivity contribution in [3.63, 3.8) is 0 Å². The summed E-state index contributed by atoms with van der Waals surface area (Å²) in [6.07, 6.45) is 7.50. The van der Waals surface area contributed by atoms with Crippen LogP contribution in [-0.4, -0.2) is 17.3 Å². The first-order valence-electron chi connectivity index (χ1n) is 6.18. The largest absolute Gasteiger partial charge is 0.289 e. The normalized spacial score (nSPS) is 10.9. The van der Waals surface area contributed by atoms with Gasteiger partial charge in [-0.1, -0.05) is 56.2 Å². The summed E-state index contributed by atoms with van der Waals surface area (Å²) >= 11 is 1.89. The predicted molar refractivity (Wildman–Crippen MR) is 76.8 cm³/mol. The second kappa shape index (κ2) is 9.06. The molecular weight excluding hydrogens is 228 g/mol. The molecule has 0 aliphatic heterocycles. The molecule has 0 atom stereocenters.